The number of hydrogen-bond donors (Lipinski definition) is 3. The molecule has 0 radical (unpaired) electrons. The number of carbonyl (C=O) groups is 2. The molecular formula is C40H40Cl2N4O6. The van der Waals surface area contributed by atoms with Gasteiger partial charge in [0.25, 0.3) is 0 Å². The first-order valence-electron chi connectivity index (χ1n) is 15.9. The van der Waals surface area contributed by atoms with Crippen molar-refractivity contribution in [2.75, 3.05) is 7.11 Å². The molecular weight excluding hydrogens is 703 g/mol. The molecule has 0 amide bonds. The second-order valence-electron chi connectivity index (χ2n) is 13.1. The van der Waals surface area contributed by atoms with E-state index >= 15 is 0 Å². The number of benzene rings is 2. The number of carbonyl (C=O) groups excluding carboxylic acids is 1. The second kappa shape index (κ2) is 16.1. The zero-order chi connectivity index (χ0) is 37.1. The summed E-state index contributed by atoms with van der Waals surface area (Å²) in [7, 11) is 1.35. The van der Waals surface area contributed by atoms with Gasteiger partial charge in [-0.05, 0) is 87.4 Å². The predicted molar refractivity (Wildman–Crippen MR) is 203 cm³/mol. The number of aromatic carboxylic acids is 1. The maximum atomic E-state index is 11.7. The quantitative estimate of drug-likeness (QED) is 0.130. The number of hydrogen-bond acceptors (Lipinski definition) is 9. The monoisotopic (exact) mass is 742 g/mol. The van der Waals surface area contributed by atoms with Gasteiger partial charge in [-0.3, -0.25) is 19.9 Å². The summed E-state index contributed by atoms with van der Waals surface area (Å²) in [6, 6.07) is 17.6. The highest BCUT2D eigenvalue weighted by Crippen LogP contribution is 2.32. The van der Waals surface area contributed by atoms with Gasteiger partial charge in [0.2, 0.25) is 0 Å². The summed E-state index contributed by atoms with van der Waals surface area (Å²) >= 11 is 12.1. The van der Waals surface area contributed by atoms with Crippen LogP contribution in [0, 0.1) is 0 Å². The Bertz CT molecular complexity index is 2260. The summed E-state index contributed by atoms with van der Waals surface area (Å²) in [4.78, 5) is 40.1. The summed E-state index contributed by atoms with van der Waals surface area (Å²) in [5.41, 5.74) is 4.49. The Kier molecular flexibility index (Phi) is 12.3. The van der Waals surface area contributed by atoms with Gasteiger partial charge in [0.15, 0.2) is 0 Å². The maximum absolute atomic E-state index is 11.7. The first-order chi connectivity index (χ1) is 24.0. The highest BCUT2D eigenvalue weighted by Gasteiger charge is 2.23. The van der Waals surface area contributed by atoms with Gasteiger partial charge in [0.1, 0.15) is 0 Å². The van der Waals surface area contributed by atoms with Crippen molar-refractivity contribution in [1.82, 2.24) is 19.9 Å². The van der Waals surface area contributed by atoms with E-state index in [9.17, 15) is 19.8 Å². The number of carboxylic acid groups (broad SMARTS) is 1. The number of esters is 1. The minimum absolute atomic E-state index is 0. The zero-order valence-corrected chi connectivity index (χ0v) is 30.1. The number of methoxy groups -OCH3 is 1. The van der Waals surface area contributed by atoms with Crippen LogP contribution in [0.2, 0.25) is 10.0 Å². The van der Waals surface area contributed by atoms with E-state index in [0.29, 0.717) is 56.3 Å². The van der Waals surface area contributed by atoms with Crippen molar-refractivity contribution in [3.05, 3.63) is 140 Å². The molecule has 6 rings (SSSR count). The number of carboxylic acids is 1. The number of ether oxygens (including phenoxy) is 1. The summed E-state index contributed by atoms with van der Waals surface area (Å²) in [6.07, 6.45) is 7.12. The lowest BCUT2D eigenvalue weighted by atomic mass is 9.92. The van der Waals surface area contributed by atoms with Crippen molar-refractivity contribution in [3.63, 3.8) is 0 Å². The van der Waals surface area contributed by atoms with Crippen LogP contribution in [0.4, 0.5) is 0 Å². The molecule has 6 aromatic rings. The van der Waals surface area contributed by atoms with E-state index in [-0.39, 0.29) is 13.0 Å². The van der Waals surface area contributed by atoms with Crippen molar-refractivity contribution in [2.45, 2.75) is 59.2 Å². The molecule has 0 fully saturated rings. The van der Waals surface area contributed by atoms with Crippen molar-refractivity contribution >= 4 is 56.9 Å². The number of pyridine rings is 4. The third kappa shape index (κ3) is 9.65. The molecule has 0 saturated heterocycles. The van der Waals surface area contributed by atoms with Crippen LogP contribution in [0.3, 0.4) is 0 Å². The van der Waals surface area contributed by atoms with Crippen LogP contribution >= 0.6 is 23.2 Å². The summed E-state index contributed by atoms with van der Waals surface area (Å²) in [6.45, 7) is 6.84. The lowest BCUT2D eigenvalue weighted by Gasteiger charge is -2.21. The van der Waals surface area contributed by atoms with Gasteiger partial charge >= 0.3 is 11.9 Å². The van der Waals surface area contributed by atoms with E-state index in [1.165, 1.54) is 19.4 Å². The number of halogens is 2. The second-order valence-corrected chi connectivity index (χ2v) is 14.0. The van der Waals surface area contributed by atoms with Crippen molar-refractivity contribution in [2.24, 2.45) is 0 Å². The summed E-state index contributed by atoms with van der Waals surface area (Å²) in [5.74, 6) is -1.39. The van der Waals surface area contributed by atoms with E-state index in [4.69, 9.17) is 33.0 Å². The molecule has 0 spiro atoms. The van der Waals surface area contributed by atoms with E-state index in [0.717, 1.165) is 27.6 Å². The zero-order valence-electron chi connectivity index (χ0n) is 28.6. The molecule has 0 aliphatic rings. The Morgan fingerprint density at radius 1 is 0.673 bits per heavy atom. The predicted octanol–water partition coefficient (Wildman–Crippen LogP) is 8.32. The number of aliphatic hydroxyl groups is 2. The first-order valence-corrected chi connectivity index (χ1v) is 16.6. The molecule has 0 unspecified atom stereocenters. The van der Waals surface area contributed by atoms with Gasteiger partial charge in [-0.1, -0.05) is 42.8 Å². The van der Waals surface area contributed by atoms with E-state index in [1.807, 2.05) is 30.3 Å². The minimum atomic E-state index is -1.08. The van der Waals surface area contributed by atoms with Gasteiger partial charge < -0.3 is 20.1 Å². The summed E-state index contributed by atoms with van der Waals surface area (Å²) in [5, 5.41) is 32.9. The van der Waals surface area contributed by atoms with Crippen molar-refractivity contribution < 1.29 is 29.6 Å². The van der Waals surface area contributed by atoms with Gasteiger partial charge in [0.05, 0.1) is 50.5 Å². The van der Waals surface area contributed by atoms with E-state index < -0.39 is 23.1 Å². The Morgan fingerprint density at radius 3 is 1.50 bits per heavy atom. The topological polar surface area (TPSA) is 156 Å². The SMILES string of the molecule is C.CC(C)(O)c1cc(Cc2cc(C(=O)O)ccn2)cc2cc(Cl)cnc12.COC(=O)c1ccnc(Cc2cc(C(C)(C)O)c3ncc(Cl)cc3c2)c1. The fourth-order valence-corrected chi connectivity index (χ4v) is 5.99. The van der Waals surface area contributed by atoms with Crippen LogP contribution in [0.5, 0.6) is 0 Å². The normalized spacial score (nSPS) is 11.4. The maximum Gasteiger partial charge on any atom is 0.337 e. The van der Waals surface area contributed by atoms with E-state index in [1.54, 1.807) is 70.6 Å². The van der Waals surface area contributed by atoms with Crippen LogP contribution in [0.15, 0.2) is 85.5 Å². The molecule has 4 heterocycles. The average Bonchev–Trinajstić information content (AvgIpc) is 3.06. The molecule has 0 atom stereocenters. The van der Waals surface area contributed by atoms with E-state index in [2.05, 4.69) is 19.9 Å². The molecule has 270 valence electrons. The highest BCUT2D eigenvalue weighted by molar-refractivity contribution is 6.31. The molecule has 4 aromatic heterocycles. The van der Waals surface area contributed by atoms with Crippen LogP contribution in [-0.4, -0.2) is 54.3 Å². The largest absolute Gasteiger partial charge is 0.478 e. The molecule has 52 heavy (non-hydrogen) atoms. The van der Waals surface area contributed by atoms with Crippen LogP contribution < -0.4 is 0 Å². The van der Waals surface area contributed by atoms with Gasteiger partial charge in [-0.2, -0.15) is 0 Å². The smallest absolute Gasteiger partial charge is 0.337 e. The molecule has 12 heteroatoms. The third-order valence-electron chi connectivity index (χ3n) is 8.01. The summed E-state index contributed by atoms with van der Waals surface area (Å²) < 4.78 is 4.75. The Morgan fingerprint density at radius 2 is 1.10 bits per heavy atom. The highest BCUT2D eigenvalue weighted by atomic mass is 35.5. The fraction of sp³-hybridized carbons (Fsp3) is 0.250. The Labute approximate surface area is 312 Å². The van der Waals surface area contributed by atoms with Gasteiger partial charge in [-0.15, -0.1) is 0 Å². The Hall–Kier alpha value is -5.00. The molecule has 0 aliphatic carbocycles. The molecule has 10 nitrogen and oxygen atoms in total. The minimum Gasteiger partial charge on any atom is -0.478 e. The standard InChI is InChI=1S/C20H19ClN2O3.C19H17ClN2O3.CH4/c1-20(2,25)17-8-12(6-14-9-15(21)11-23-18(14)17)7-16-10-13(4-5-22-16)19(24)26-3;1-19(2,25)16-7-11(5-13-8-14(20)10-22-17(13)16)6-15-9-12(18(23)24)3-4-21-15;/h4-6,8-11,25H,7H2,1-3H3;3-5,7-10,25H,6H2,1-2H3,(H,23,24);1H4. The first kappa shape index (κ1) is 39.8. The van der Waals surface area contributed by atoms with Crippen LogP contribution in [0.25, 0.3) is 21.8 Å². The Balaban J connectivity index is 0.000000228. The number of nitrogens with zero attached hydrogens (tertiary/aromatic N) is 4. The molecule has 0 bridgehead atoms. The average molecular weight is 744 g/mol. The van der Waals surface area contributed by atoms with Gasteiger partial charge in [0, 0.05) is 70.9 Å². The number of rotatable bonds is 8. The van der Waals surface area contributed by atoms with Crippen LogP contribution in [-0.2, 0) is 28.8 Å². The van der Waals surface area contributed by atoms with Crippen LogP contribution in [0.1, 0.15) is 89.5 Å². The van der Waals surface area contributed by atoms with Crippen molar-refractivity contribution in [1.29, 1.82) is 0 Å². The molecule has 2 aromatic carbocycles. The molecule has 0 saturated carbocycles. The molecule has 3 N–H and O–H groups in total. The van der Waals surface area contributed by atoms with Crippen molar-refractivity contribution in [3.8, 4) is 0 Å². The third-order valence-corrected chi connectivity index (χ3v) is 8.42. The number of aromatic nitrogens is 4. The lowest BCUT2D eigenvalue weighted by molar-refractivity contribution is 0.0599. The van der Waals surface area contributed by atoms with Gasteiger partial charge in [-0.25, -0.2) is 9.59 Å². The lowest BCUT2D eigenvalue weighted by Crippen LogP contribution is -2.17. The molecule has 0 aliphatic heterocycles. The fourth-order valence-electron chi connectivity index (χ4n) is 5.65. The number of fused-ring (bicyclic) bond motifs is 2.